The number of rotatable bonds is 5. The number of nitrogens with zero attached hydrogens (tertiary/aromatic N) is 5. The fourth-order valence-electron chi connectivity index (χ4n) is 4.69. The van der Waals surface area contributed by atoms with Gasteiger partial charge in [0.15, 0.2) is 5.82 Å². The molecule has 0 amide bonds. The molecule has 5 nitrogen and oxygen atoms in total. The quantitative estimate of drug-likeness (QED) is 0.653. The summed E-state index contributed by atoms with van der Waals surface area (Å²) in [4.78, 5) is 18.8. The summed E-state index contributed by atoms with van der Waals surface area (Å²) in [6.45, 7) is 6.75. The maximum atomic E-state index is 4.90. The molecule has 30 heavy (non-hydrogen) atoms. The average molecular weight is 400 g/mol. The molecule has 1 fully saturated rings. The van der Waals surface area contributed by atoms with Crippen LogP contribution in [0.3, 0.4) is 0 Å². The molecule has 2 aliphatic heterocycles. The van der Waals surface area contributed by atoms with Crippen LogP contribution in [0.5, 0.6) is 0 Å². The normalized spacial score (nSPS) is 18.3. The van der Waals surface area contributed by atoms with E-state index in [1.807, 2.05) is 18.3 Å². The topological polar surface area (TPSA) is 45.2 Å². The van der Waals surface area contributed by atoms with Crippen LogP contribution < -0.4 is 0 Å². The Kier molecular flexibility index (Phi) is 5.82. The Bertz CT molecular complexity index is 952. The molecule has 1 saturated heterocycles. The van der Waals surface area contributed by atoms with E-state index in [1.54, 1.807) is 12.4 Å². The fraction of sp³-hybridized carbons (Fsp3) is 0.400. The molecule has 0 aliphatic carbocycles. The lowest BCUT2D eigenvalue weighted by molar-refractivity contribution is 0.131. The van der Waals surface area contributed by atoms with Gasteiger partial charge in [0, 0.05) is 50.3 Å². The van der Waals surface area contributed by atoms with Gasteiger partial charge in [-0.15, -0.1) is 0 Å². The van der Waals surface area contributed by atoms with Crippen molar-refractivity contribution in [3.8, 4) is 11.4 Å². The zero-order valence-corrected chi connectivity index (χ0v) is 17.5. The second-order valence-corrected chi connectivity index (χ2v) is 8.59. The molecule has 2 aliphatic rings. The molecule has 0 radical (unpaired) electrons. The second kappa shape index (κ2) is 9.02. The minimum absolute atomic E-state index is 0.792. The van der Waals surface area contributed by atoms with Crippen LogP contribution in [0.4, 0.5) is 0 Å². The Hall–Kier alpha value is -2.63. The first-order valence-corrected chi connectivity index (χ1v) is 11.1. The minimum atomic E-state index is 0.792. The summed E-state index contributed by atoms with van der Waals surface area (Å²) < 4.78 is 0. The van der Waals surface area contributed by atoms with E-state index in [1.165, 1.54) is 49.3 Å². The van der Waals surface area contributed by atoms with Crippen LogP contribution in [0.15, 0.2) is 61.1 Å². The van der Waals surface area contributed by atoms with Crippen molar-refractivity contribution < 1.29 is 0 Å². The van der Waals surface area contributed by atoms with Crippen LogP contribution in [0.2, 0.25) is 0 Å². The number of hydrogen-bond donors (Lipinski definition) is 0. The molecule has 2 aromatic heterocycles. The highest BCUT2D eigenvalue weighted by molar-refractivity contribution is 5.54. The summed E-state index contributed by atoms with van der Waals surface area (Å²) in [5, 5.41) is 0. The highest BCUT2D eigenvalue weighted by Crippen LogP contribution is 2.24. The molecule has 3 aromatic rings. The highest BCUT2D eigenvalue weighted by atomic mass is 15.2. The Balaban J connectivity index is 1.16. The van der Waals surface area contributed by atoms with E-state index in [0.717, 1.165) is 43.4 Å². The SMILES string of the molecule is c1ccc(CN2CCC(CN3CCc4cnc(-c5ccncc5)nc4C3)CC2)cc1. The molecule has 0 N–H and O–H groups in total. The highest BCUT2D eigenvalue weighted by Gasteiger charge is 2.24. The van der Waals surface area contributed by atoms with Crippen molar-refractivity contribution in [2.45, 2.75) is 32.4 Å². The Morgan fingerprint density at radius 1 is 0.900 bits per heavy atom. The zero-order chi connectivity index (χ0) is 20.2. The Morgan fingerprint density at radius 3 is 2.50 bits per heavy atom. The summed E-state index contributed by atoms with van der Waals surface area (Å²) in [5.41, 5.74) is 4.97. The van der Waals surface area contributed by atoms with Crippen molar-refractivity contribution in [1.29, 1.82) is 0 Å². The number of piperidine rings is 1. The molecule has 0 saturated carbocycles. The number of aromatic nitrogens is 3. The first-order chi connectivity index (χ1) is 14.8. The lowest BCUT2D eigenvalue weighted by Gasteiger charge is -2.36. The second-order valence-electron chi connectivity index (χ2n) is 8.59. The first-order valence-electron chi connectivity index (χ1n) is 11.1. The molecular formula is C25H29N5. The van der Waals surface area contributed by atoms with Gasteiger partial charge in [-0.3, -0.25) is 14.8 Å². The van der Waals surface area contributed by atoms with Gasteiger partial charge in [-0.2, -0.15) is 0 Å². The van der Waals surface area contributed by atoms with E-state index in [4.69, 9.17) is 4.98 Å². The minimum Gasteiger partial charge on any atom is -0.299 e. The molecule has 0 atom stereocenters. The van der Waals surface area contributed by atoms with Crippen LogP contribution in [-0.4, -0.2) is 50.9 Å². The van der Waals surface area contributed by atoms with Crippen molar-refractivity contribution in [3.63, 3.8) is 0 Å². The first kappa shape index (κ1) is 19.3. The summed E-state index contributed by atoms with van der Waals surface area (Å²) in [5.74, 6) is 1.60. The molecule has 154 valence electrons. The van der Waals surface area contributed by atoms with Crippen LogP contribution >= 0.6 is 0 Å². The van der Waals surface area contributed by atoms with Gasteiger partial charge in [0.05, 0.1) is 5.69 Å². The predicted octanol–water partition coefficient (Wildman–Crippen LogP) is 3.81. The van der Waals surface area contributed by atoms with Gasteiger partial charge in [0.2, 0.25) is 0 Å². The zero-order valence-electron chi connectivity index (χ0n) is 17.5. The molecule has 0 spiro atoms. The van der Waals surface area contributed by atoms with E-state index in [9.17, 15) is 0 Å². The third-order valence-corrected chi connectivity index (χ3v) is 6.44. The van der Waals surface area contributed by atoms with Gasteiger partial charge >= 0.3 is 0 Å². The van der Waals surface area contributed by atoms with Crippen molar-refractivity contribution in [2.75, 3.05) is 26.2 Å². The molecule has 5 rings (SSSR count). The Morgan fingerprint density at radius 2 is 1.70 bits per heavy atom. The van der Waals surface area contributed by atoms with E-state index in [2.05, 4.69) is 50.1 Å². The van der Waals surface area contributed by atoms with Gasteiger partial charge < -0.3 is 0 Å². The van der Waals surface area contributed by atoms with Crippen molar-refractivity contribution in [3.05, 3.63) is 77.9 Å². The van der Waals surface area contributed by atoms with Crippen LogP contribution in [-0.2, 0) is 19.5 Å². The van der Waals surface area contributed by atoms with E-state index < -0.39 is 0 Å². The van der Waals surface area contributed by atoms with Crippen LogP contribution in [0, 0.1) is 5.92 Å². The lowest BCUT2D eigenvalue weighted by atomic mass is 9.94. The van der Waals surface area contributed by atoms with Gasteiger partial charge in [-0.25, -0.2) is 9.97 Å². The van der Waals surface area contributed by atoms with E-state index in [-0.39, 0.29) is 0 Å². The smallest absolute Gasteiger partial charge is 0.159 e. The molecular weight excluding hydrogens is 370 g/mol. The number of hydrogen-bond acceptors (Lipinski definition) is 5. The van der Waals surface area contributed by atoms with Crippen molar-refractivity contribution in [2.24, 2.45) is 5.92 Å². The summed E-state index contributed by atoms with van der Waals surface area (Å²) in [7, 11) is 0. The van der Waals surface area contributed by atoms with Crippen LogP contribution in [0.25, 0.3) is 11.4 Å². The van der Waals surface area contributed by atoms with Crippen molar-refractivity contribution in [1.82, 2.24) is 24.8 Å². The summed E-state index contributed by atoms with van der Waals surface area (Å²) in [6.07, 6.45) is 9.27. The molecule has 5 heteroatoms. The fourth-order valence-corrected chi connectivity index (χ4v) is 4.69. The number of benzene rings is 1. The molecule has 0 bridgehead atoms. The van der Waals surface area contributed by atoms with Gasteiger partial charge in [0.25, 0.3) is 0 Å². The van der Waals surface area contributed by atoms with Gasteiger partial charge in [-0.1, -0.05) is 30.3 Å². The third kappa shape index (κ3) is 4.58. The molecule has 4 heterocycles. The van der Waals surface area contributed by atoms with Crippen LogP contribution in [0.1, 0.15) is 29.7 Å². The Labute approximate surface area is 178 Å². The predicted molar refractivity (Wildman–Crippen MR) is 119 cm³/mol. The molecule has 0 unspecified atom stereocenters. The summed E-state index contributed by atoms with van der Waals surface area (Å²) >= 11 is 0. The summed E-state index contributed by atoms with van der Waals surface area (Å²) in [6, 6.07) is 14.8. The standard InChI is InChI=1S/C25H29N5/c1-2-4-20(5-3-1)17-29-13-8-21(9-14-29)18-30-15-10-23-16-27-25(28-24(23)19-30)22-6-11-26-12-7-22/h1-7,11-12,16,21H,8-10,13-15,17-19H2. The number of pyridine rings is 1. The maximum absolute atomic E-state index is 4.90. The lowest BCUT2D eigenvalue weighted by Crippen LogP contribution is -2.40. The maximum Gasteiger partial charge on any atom is 0.159 e. The number of fused-ring (bicyclic) bond motifs is 1. The monoisotopic (exact) mass is 399 g/mol. The third-order valence-electron chi connectivity index (χ3n) is 6.44. The average Bonchev–Trinajstić information content (AvgIpc) is 2.81. The number of likely N-dealkylation sites (tertiary alicyclic amines) is 1. The largest absolute Gasteiger partial charge is 0.299 e. The van der Waals surface area contributed by atoms with Gasteiger partial charge in [-0.05, 0) is 61.5 Å². The van der Waals surface area contributed by atoms with E-state index in [0.29, 0.717) is 0 Å². The molecule has 1 aromatic carbocycles. The van der Waals surface area contributed by atoms with E-state index >= 15 is 0 Å². The van der Waals surface area contributed by atoms with Gasteiger partial charge in [0.1, 0.15) is 0 Å². The van der Waals surface area contributed by atoms with Crippen molar-refractivity contribution >= 4 is 0 Å².